The van der Waals surface area contributed by atoms with E-state index in [0.717, 1.165) is 5.56 Å². The third-order valence-electron chi connectivity index (χ3n) is 4.79. The number of nitrogens with zero attached hydrogens (tertiary/aromatic N) is 1. The molecule has 0 saturated carbocycles. The molecule has 180 valence electrons. The molecule has 1 amide bonds. The van der Waals surface area contributed by atoms with Crippen molar-refractivity contribution in [3.63, 3.8) is 0 Å². The third kappa shape index (κ3) is 7.06. The fraction of sp³-hybridized carbons (Fsp3) is 0.154. The van der Waals surface area contributed by atoms with Crippen molar-refractivity contribution in [2.24, 2.45) is 0 Å². The van der Waals surface area contributed by atoms with Gasteiger partial charge < -0.3 is 14.8 Å². The Labute approximate surface area is 223 Å². The van der Waals surface area contributed by atoms with Gasteiger partial charge in [-0.15, -0.1) is 0 Å². The van der Waals surface area contributed by atoms with E-state index >= 15 is 0 Å². The summed E-state index contributed by atoms with van der Waals surface area (Å²) < 4.78 is 11.4. The molecule has 0 spiro atoms. The quantitative estimate of drug-likeness (QED) is 0.227. The van der Waals surface area contributed by atoms with Crippen molar-refractivity contribution in [1.82, 2.24) is 0 Å². The van der Waals surface area contributed by atoms with Crippen molar-refractivity contribution in [2.75, 3.05) is 18.5 Å². The largest absolute Gasteiger partial charge is 0.490 e. The number of ether oxygens (including phenoxy) is 2. The lowest BCUT2D eigenvalue weighted by Crippen LogP contribution is -2.20. The van der Waals surface area contributed by atoms with Crippen molar-refractivity contribution in [2.45, 2.75) is 13.8 Å². The van der Waals surface area contributed by atoms with E-state index < -0.39 is 5.91 Å². The van der Waals surface area contributed by atoms with Crippen molar-refractivity contribution in [1.29, 1.82) is 5.26 Å². The standard InChI is InChI=1S/C26H20Cl4N2O3/c1-3-34-24-10-16(8-17(13-31)20-7-5-18(27)11-22(20)29)9-23(30)26(24)35-14-25(33)32-19-6-4-15(2)21(28)12-19/h4-12H,3,14H2,1-2H3,(H,32,33)/b17-8+. The van der Waals surface area contributed by atoms with Crippen LogP contribution < -0.4 is 14.8 Å². The van der Waals surface area contributed by atoms with Gasteiger partial charge in [-0.25, -0.2) is 0 Å². The lowest BCUT2D eigenvalue weighted by Gasteiger charge is -2.15. The minimum Gasteiger partial charge on any atom is -0.490 e. The second-order valence-corrected chi connectivity index (χ2v) is 9.02. The average Bonchev–Trinajstić information content (AvgIpc) is 2.80. The highest BCUT2D eigenvalue weighted by Crippen LogP contribution is 2.38. The summed E-state index contributed by atoms with van der Waals surface area (Å²) in [5, 5.41) is 14.0. The Morgan fingerprint density at radius 1 is 1.00 bits per heavy atom. The van der Waals surface area contributed by atoms with Gasteiger partial charge in [-0.05, 0) is 67.4 Å². The van der Waals surface area contributed by atoms with Gasteiger partial charge in [0.25, 0.3) is 5.91 Å². The van der Waals surface area contributed by atoms with E-state index in [1.54, 1.807) is 48.5 Å². The first-order valence-electron chi connectivity index (χ1n) is 10.4. The van der Waals surface area contributed by atoms with Gasteiger partial charge in [0.1, 0.15) is 0 Å². The Morgan fingerprint density at radius 2 is 1.77 bits per heavy atom. The summed E-state index contributed by atoms with van der Waals surface area (Å²) in [5.41, 5.74) is 2.89. The average molecular weight is 550 g/mol. The van der Waals surface area contributed by atoms with Crippen LogP contribution in [0.2, 0.25) is 20.1 Å². The molecule has 0 aromatic heterocycles. The topological polar surface area (TPSA) is 71.3 Å². The lowest BCUT2D eigenvalue weighted by atomic mass is 10.0. The van der Waals surface area contributed by atoms with Crippen molar-refractivity contribution in [3.05, 3.63) is 85.3 Å². The highest BCUT2D eigenvalue weighted by atomic mass is 35.5. The van der Waals surface area contributed by atoms with E-state index in [4.69, 9.17) is 55.9 Å². The van der Waals surface area contributed by atoms with Crippen LogP contribution in [0.25, 0.3) is 11.6 Å². The number of nitriles is 1. The Morgan fingerprint density at radius 3 is 2.43 bits per heavy atom. The van der Waals surface area contributed by atoms with Gasteiger partial charge in [-0.1, -0.05) is 58.5 Å². The zero-order valence-electron chi connectivity index (χ0n) is 18.8. The molecule has 0 aliphatic heterocycles. The maximum atomic E-state index is 12.4. The van der Waals surface area contributed by atoms with E-state index in [1.807, 2.05) is 19.9 Å². The van der Waals surface area contributed by atoms with E-state index in [0.29, 0.717) is 49.8 Å². The van der Waals surface area contributed by atoms with E-state index in [-0.39, 0.29) is 17.4 Å². The lowest BCUT2D eigenvalue weighted by molar-refractivity contribution is -0.118. The van der Waals surface area contributed by atoms with Crippen LogP contribution in [-0.4, -0.2) is 19.1 Å². The molecule has 0 aliphatic rings. The molecular weight excluding hydrogens is 530 g/mol. The number of aryl methyl sites for hydroxylation is 1. The second-order valence-electron chi connectivity index (χ2n) is 7.36. The molecule has 0 aliphatic carbocycles. The fourth-order valence-corrected chi connectivity index (χ4v) is 4.09. The minimum atomic E-state index is -0.392. The van der Waals surface area contributed by atoms with Crippen molar-refractivity contribution >= 4 is 69.6 Å². The summed E-state index contributed by atoms with van der Waals surface area (Å²) in [5.74, 6) is 0.152. The summed E-state index contributed by atoms with van der Waals surface area (Å²) in [4.78, 5) is 12.4. The van der Waals surface area contributed by atoms with Gasteiger partial charge in [0.15, 0.2) is 18.1 Å². The molecule has 9 heteroatoms. The Balaban J connectivity index is 1.83. The number of allylic oxidation sites excluding steroid dienone is 1. The van der Waals surface area contributed by atoms with E-state index in [1.165, 1.54) is 0 Å². The van der Waals surface area contributed by atoms with Gasteiger partial charge in [0.05, 0.1) is 28.3 Å². The molecule has 3 aromatic rings. The molecule has 3 aromatic carbocycles. The molecule has 3 rings (SSSR count). The molecule has 1 N–H and O–H groups in total. The van der Waals surface area contributed by atoms with Gasteiger partial charge >= 0.3 is 0 Å². The monoisotopic (exact) mass is 548 g/mol. The fourth-order valence-electron chi connectivity index (χ4n) is 3.12. The normalized spacial score (nSPS) is 11.1. The number of rotatable bonds is 8. The predicted molar refractivity (Wildman–Crippen MR) is 143 cm³/mol. The van der Waals surface area contributed by atoms with Crippen LogP contribution in [0.15, 0.2) is 48.5 Å². The highest BCUT2D eigenvalue weighted by Gasteiger charge is 2.16. The zero-order valence-corrected chi connectivity index (χ0v) is 21.8. The molecular formula is C26H20Cl4N2O3. The first kappa shape index (κ1) is 26.7. The highest BCUT2D eigenvalue weighted by molar-refractivity contribution is 6.36. The first-order valence-corrected chi connectivity index (χ1v) is 11.9. The number of anilines is 1. The van der Waals surface area contributed by atoms with Crippen LogP contribution in [0.5, 0.6) is 11.5 Å². The maximum Gasteiger partial charge on any atom is 0.262 e. The molecule has 5 nitrogen and oxygen atoms in total. The predicted octanol–water partition coefficient (Wildman–Crippen LogP) is 8.09. The van der Waals surface area contributed by atoms with Crippen LogP contribution in [-0.2, 0) is 4.79 Å². The number of benzene rings is 3. The smallest absolute Gasteiger partial charge is 0.262 e. The van der Waals surface area contributed by atoms with Gasteiger partial charge in [-0.3, -0.25) is 4.79 Å². The van der Waals surface area contributed by atoms with Gasteiger partial charge in [-0.2, -0.15) is 5.26 Å². The summed E-state index contributed by atoms with van der Waals surface area (Å²) in [6, 6.07) is 15.5. The Hall–Kier alpha value is -2.88. The van der Waals surface area contributed by atoms with Gasteiger partial charge in [0.2, 0.25) is 0 Å². The molecule has 0 atom stereocenters. The second kappa shape index (κ2) is 12.2. The molecule has 0 fully saturated rings. The molecule has 0 unspecified atom stereocenters. The first-order chi connectivity index (χ1) is 16.7. The number of carbonyl (C=O) groups excluding carboxylic acids is 1. The summed E-state index contributed by atoms with van der Waals surface area (Å²) in [7, 11) is 0. The SMILES string of the molecule is CCOc1cc(/C=C(\C#N)c2ccc(Cl)cc2Cl)cc(Cl)c1OCC(=O)Nc1ccc(C)c(Cl)c1. The molecule has 0 heterocycles. The minimum absolute atomic E-state index is 0.214. The summed E-state index contributed by atoms with van der Waals surface area (Å²) >= 11 is 24.8. The van der Waals surface area contributed by atoms with E-state index in [2.05, 4.69) is 11.4 Å². The molecule has 0 bridgehead atoms. The molecule has 0 saturated heterocycles. The van der Waals surface area contributed by atoms with Crippen LogP contribution in [0, 0.1) is 18.3 Å². The van der Waals surface area contributed by atoms with Gasteiger partial charge in [0, 0.05) is 21.3 Å². The number of hydrogen-bond donors (Lipinski definition) is 1. The maximum absolute atomic E-state index is 12.4. The molecule has 0 radical (unpaired) electrons. The third-order valence-corrected chi connectivity index (χ3v) is 6.02. The summed E-state index contributed by atoms with van der Waals surface area (Å²) in [6.07, 6.45) is 1.63. The van der Waals surface area contributed by atoms with Crippen molar-refractivity contribution in [3.8, 4) is 17.6 Å². The van der Waals surface area contributed by atoms with E-state index in [9.17, 15) is 10.1 Å². The Kier molecular flexibility index (Phi) is 9.31. The number of hydrogen-bond acceptors (Lipinski definition) is 4. The Bertz CT molecular complexity index is 1330. The summed E-state index contributed by atoms with van der Waals surface area (Å²) in [6.45, 7) is 3.71. The number of halogens is 4. The van der Waals surface area contributed by atoms with Crippen LogP contribution in [0.4, 0.5) is 5.69 Å². The number of nitrogens with one attached hydrogen (secondary N) is 1. The zero-order chi connectivity index (χ0) is 25.5. The van der Waals surface area contributed by atoms with Crippen LogP contribution in [0.1, 0.15) is 23.6 Å². The van der Waals surface area contributed by atoms with Crippen LogP contribution >= 0.6 is 46.4 Å². The van der Waals surface area contributed by atoms with Crippen LogP contribution in [0.3, 0.4) is 0 Å². The molecule has 35 heavy (non-hydrogen) atoms. The number of amides is 1. The van der Waals surface area contributed by atoms with Crippen molar-refractivity contribution < 1.29 is 14.3 Å². The number of carbonyl (C=O) groups is 1.